The maximum Gasteiger partial charge on any atom is 0.235 e. The lowest BCUT2D eigenvalue weighted by molar-refractivity contribution is 0.425. The predicted molar refractivity (Wildman–Crippen MR) is 68.6 cm³/mol. The SMILES string of the molecule is CCc1ccccc1Oc1c(C#N)c(C)nn1C. The molecule has 18 heavy (non-hydrogen) atoms. The van der Waals surface area contributed by atoms with Crippen molar-refractivity contribution in [3.63, 3.8) is 0 Å². The van der Waals surface area contributed by atoms with Crippen molar-refractivity contribution in [3.05, 3.63) is 41.1 Å². The topological polar surface area (TPSA) is 50.8 Å². The summed E-state index contributed by atoms with van der Waals surface area (Å²) >= 11 is 0. The monoisotopic (exact) mass is 241 g/mol. The molecular formula is C14H15N3O. The molecular weight excluding hydrogens is 226 g/mol. The molecule has 0 fully saturated rings. The van der Waals surface area contributed by atoms with Crippen LogP contribution in [0.15, 0.2) is 24.3 Å². The van der Waals surface area contributed by atoms with Gasteiger partial charge in [0, 0.05) is 7.05 Å². The Balaban J connectivity index is 2.44. The molecule has 0 amide bonds. The Hall–Kier alpha value is -2.28. The fourth-order valence-corrected chi connectivity index (χ4v) is 1.88. The van der Waals surface area contributed by atoms with Gasteiger partial charge in [0.15, 0.2) is 0 Å². The van der Waals surface area contributed by atoms with E-state index in [9.17, 15) is 0 Å². The fraction of sp³-hybridized carbons (Fsp3) is 0.286. The van der Waals surface area contributed by atoms with Gasteiger partial charge in [-0.15, -0.1) is 0 Å². The van der Waals surface area contributed by atoms with Gasteiger partial charge in [-0.25, -0.2) is 4.68 Å². The van der Waals surface area contributed by atoms with Crippen LogP contribution in [0, 0.1) is 18.3 Å². The largest absolute Gasteiger partial charge is 0.438 e. The molecule has 0 bridgehead atoms. The highest BCUT2D eigenvalue weighted by atomic mass is 16.5. The van der Waals surface area contributed by atoms with Crippen molar-refractivity contribution in [2.75, 3.05) is 0 Å². The fourth-order valence-electron chi connectivity index (χ4n) is 1.88. The zero-order chi connectivity index (χ0) is 13.1. The van der Waals surface area contributed by atoms with E-state index in [1.54, 1.807) is 18.7 Å². The summed E-state index contributed by atoms with van der Waals surface area (Å²) in [7, 11) is 1.78. The molecule has 0 N–H and O–H groups in total. The summed E-state index contributed by atoms with van der Waals surface area (Å²) in [5.41, 5.74) is 2.28. The van der Waals surface area contributed by atoms with E-state index in [1.807, 2.05) is 24.3 Å². The van der Waals surface area contributed by atoms with E-state index in [-0.39, 0.29) is 0 Å². The molecule has 0 saturated carbocycles. The molecule has 0 radical (unpaired) electrons. The summed E-state index contributed by atoms with van der Waals surface area (Å²) < 4.78 is 7.45. The molecule has 4 nitrogen and oxygen atoms in total. The number of aryl methyl sites for hydroxylation is 3. The normalized spacial score (nSPS) is 10.1. The van der Waals surface area contributed by atoms with E-state index in [2.05, 4.69) is 18.1 Å². The minimum Gasteiger partial charge on any atom is -0.438 e. The first-order valence-corrected chi connectivity index (χ1v) is 5.86. The van der Waals surface area contributed by atoms with E-state index >= 15 is 0 Å². The molecule has 2 aromatic rings. The van der Waals surface area contributed by atoms with Gasteiger partial charge >= 0.3 is 0 Å². The molecule has 0 aliphatic heterocycles. The predicted octanol–water partition coefficient (Wildman–Crippen LogP) is 2.95. The third kappa shape index (κ3) is 2.07. The number of para-hydroxylation sites is 1. The molecule has 0 aliphatic carbocycles. The summed E-state index contributed by atoms with van der Waals surface area (Å²) in [4.78, 5) is 0. The number of rotatable bonds is 3. The number of aromatic nitrogens is 2. The van der Waals surface area contributed by atoms with E-state index in [4.69, 9.17) is 10.00 Å². The van der Waals surface area contributed by atoms with Crippen LogP contribution in [0.5, 0.6) is 11.6 Å². The van der Waals surface area contributed by atoms with Crippen LogP contribution in [0.1, 0.15) is 23.7 Å². The average Bonchev–Trinajstić information content (AvgIpc) is 2.64. The lowest BCUT2D eigenvalue weighted by atomic mass is 10.1. The van der Waals surface area contributed by atoms with Crippen LogP contribution in [0.25, 0.3) is 0 Å². The van der Waals surface area contributed by atoms with Crippen molar-refractivity contribution < 1.29 is 4.74 Å². The van der Waals surface area contributed by atoms with Crippen molar-refractivity contribution >= 4 is 0 Å². The number of benzene rings is 1. The van der Waals surface area contributed by atoms with Crippen LogP contribution >= 0.6 is 0 Å². The number of nitrogens with zero attached hydrogens (tertiary/aromatic N) is 3. The number of hydrogen-bond donors (Lipinski definition) is 0. The van der Waals surface area contributed by atoms with Gasteiger partial charge in [0.1, 0.15) is 17.4 Å². The van der Waals surface area contributed by atoms with Crippen LogP contribution < -0.4 is 4.74 Å². The Bertz CT molecular complexity index is 608. The highest BCUT2D eigenvalue weighted by molar-refractivity contribution is 5.45. The lowest BCUT2D eigenvalue weighted by Crippen LogP contribution is -1.98. The summed E-state index contributed by atoms with van der Waals surface area (Å²) in [6, 6.07) is 9.96. The van der Waals surface area contributed by atoms with Crippen LogP contribution in [-0.2, 0) is 13.5 Å². The molecule has 0 spiro atoms. The first-order chi connectivity index (χ1) is 8.67. The number of ether oxygens (including phenoxy) is 1. The van der Waals surface area contributed by atoms with Gasteiger partial charge in [-0.3, -0.25) is 0 Å². The number of hydrogen-bond acceptors (Lipinski definition) is 3. The summed E-state index contributed by atoms with van der Waals surface area (Å²) in [6.07, 6.45) is 0.884. The van der Waals surface area contributed by atoms with Crippen molar-refractivity contribution in [2.24, 2.45) is 7.05 Å². The summed E-state index contributed by atoms with van der Waals surface area (Å²) in [5, 5.41) is 13.3. The zero-order valence-electron chi connectivity index (χ0n) is 10.8. The second-order valence-electron chi connectivity index (χ2n) is 4.06. The van der Waals surface area contributed by atoms with Gasteiger partial charge in [0.2, 0.25) is 5.88 Å². The molecule has 2 rings (SSSR count). The van der Waals surface area contributed by atoms with E-state index < -0.39 is 0 Å². The van der Waals surface area contributed by atoms with Gasteiger partial charge in [0.05, 0.1) is 5.69 Å². The van der Waals surface area contributed by atoms with Crippen molar-refractivity contribution in [3.8, 4) is 17.7 Å². The number of nitriles is 1. The highest BCUT2D eigenvalue weighted by Crippen LogP contribution is 2.29. The second kappa shape index (κ2) is 4.92. The maximum atomic E-state index is 9.13. The molecule has 1 heterocycles. The first kappa shape index (κ1) is 12.2. The highest BCUT2D eigenvalue weighted by Gasteiger charge is 2.15. The molecule has 4 heteroatoms. The Morgan fingerprint density at radius 3 is 2.78 bits per heavy atom. The van der Waals surface area contributed by atoms with Crippen LogP contribution in [0.3, 0.4) is 0 Å². The summed E-state index contributed by atoms with van der Waals surface area (Å²) in [6.45, 7) is 3.87. The molecule has 0 saturated heterocycles. The average molecular weight is 241 g/mol. The van der Waals surface area contributed by atoms with Crippen LogP contribution in [-0.4, -0.2) is 9.78 Å². The van der Waals surface area contributed by atoms with Crippen LogP contribution in [0.2, 0.25) is 0 Å². The van der Waals surface area contributed by atoms with E-state index in [0.29, 0.717) is 17.1 Å². The lowest BCUT2D eigenvalue weighted by Gasteiger charge is -2.09. The first-order valence-electron chi connectivity index (χ1n) is 5.86. The minimum atomic E-state index is 0.489. The van der Waals surface area contributed by atoms with Gasteiger partial charge in [-0.05, 0) is 25.0 Å². The van der Waals surface area contributed by atoms with Crippen LogP contribution in [0.4, 0.5) is 0 Å². The quantitative estimate of drug-likeness (QED) is 0.830. The zero-order valence-corrected chi connectivity index (χ0v) is 10.8. The van der Waals surface area contributed by atoms with Gasteiger partial charge in [-0.1, -0.05) is 25.1 Å². The Morgan fingerprint density at radius 2 is 2.11 bits per heavy atom. The van der Waals surface area contributed by atoms with Gasteiger partial charge < -0.3 is 4.74 Å². The third-order valence-corrected chi connectivity index (χ3v) is 2.84. The Labute approximate surface area is 106 Å². The Morgan fingerprint density at radius 1 is 1.39 bits per heavy atom. The van der Waals surface area contributed by atoms with Gasteiger partial charge in [0.25, 0.3) is 0 Å². The van der Waals surface area contributed by atoms with Crippen molar-refractivity contribution in [1.29, 1.82) is 5.26 Å². The van der Waals surface area contributed by atoms with Crippen molar-refractivity contribution in [2.45, 2.75) is 20.3 Å². The van der Waals surface area contributed by atoms with E-state index in [1.165, 1.54) is 0 Å². The van der Waals surface area contributed by atoms with E-state index in [0.717, 1.165) is 17.7 Å². The second-order valence-corrected chi connectivity index (χ2v) is 4.06. The van der Waals surface area contributed by atoms with Gasteiger partial charge in [-0.2, -0.15) is 10.4 Å². The molecule has 0 aliphatic rings. The van der Waals surface area contributed by atoms with Crippen molar-refractivity contribution in [1.82, 2.24) is 9.78 Å². The molecule has 92 valence electrons. The third-order valence-electron chi connectivity index (χ3n) is 2.84. The standard InChI is InChI=1S/C14H15N3O/c1-4-11-7-5-6-8-13(11)18-14-12(9-15)10(2)16-17(14)3/h5-8H,4H2,1-3H3. The molecule has 0 atom stereocenters. The minimum absolute atomic E-state index is 0.489. The molecule has 1 aromatic carbocycles. The molecule has 0 unspecified atom stereocenters. The Kier molecular flexibility index (Phi) is 3.33. The summed E-state index contributed by atoms with van der Waals surface area (Å²) in [5.74, 6) is 1.27. The molecule has 1 aromatic heterocycles. The smallest absolute Gasteiger partial charge is 0.235 e. The maximum absolute atomic E-state index is 9.13.